The Morgan fingerprint density at radius 3 is 2.14 bits per heavy atom. The normalized spacial score (nSPS) is 10.8. The molecular weight excluding hydrogens is 284 g/mol. The van der Waals surface area contributed by atoms with Crippen molar-refractivity contribution < 1.29 is 9.47 Å². The number of hydrogen-bond acceptors (Lipinski definition) is 4. The highest BCUT2D eigenvalue weighted by Crippen LogP contribution is 2.31. The van der Waals surface area contributed by atoms with Crippen LogP contribution in [-0.4, -0.2) is 24.2 Å². The highest BCUT2D eigenvalue weighted by molar-refractivity contribution is 7.71. The first kappa shape index (κ1) is 15.5. The van der Waals surface area contributed by atoms with Crippen LogP contribution >= 0.6 is 12.2 Å². The van der Waals surface area contributed by atoms with E-state index in [9.17, 15) is 0 Å². The summed E-state index contributed by atoms with van der Waals surface area (Å²) in [6.45, 7) is 6.13. The van der Waals surface area contributed by atoms with Gasteiger partial charge in [-0.1, -0.05) is 26.1 Å². The summed E-state index contributed by atoms with van der Waals surface area (Å²) >= 11 is 5.38. The molecule has 0 atom stereocenters. The second-order valence-electron chi connectivity index (χ2n) is 5.18. The fourth-order valence-electron chi connectivity index (χ4n) is 2.06. The van der Waals surface area contributed by atoms with Crippen LogP contribution in [0.4, 0.5) is 0 Å². The van der Waals surface area contributed by atoms with E-state index in [1.165, 1.54) is 0 Å². The van der Waals surface area contributed by atoms with Crippen LogP contribution in [0.5, 0.6) is 11.5 Å². The van der Waals surface area contributed by atoms with Crippen molar-refractivity contribution in [2.24, 2.45) is 0 Å². The van der Waals surface area contributed by atoms with Gasteiger partial charge in [-0.2, -0.15) is 0 Å². The van der Waals surface area contributed by atoms with E-state index in [2.05, 4.69) is 23.8 Å². The quantitative estimate of drug-likeness (QED) is 0.858. The zero-order valence-electron chi connectivity index (χ0n) is 13.0. The SMILES string of the molecule is COc1cc(OC)cc(-c2[nH]c(C(C)C)nc(=S)c2C)c1. The summed E-state index contributed by atoms with van der Waals surface area (Å²) in [5, 5.41) is 0. The Bertz CT molecular complexity index is 686. The lowest BCUT2D eigenvalue weighted by atomic mass is 10.1. The minimum Gasteiger partial charge on any atom is -0.497 e. The average Bonchev–Trinajstić information content (AvgIpc) is 2.48. The molecule has 0 radical (unpaired) electrons. The summed E-state index contributed by atoms with van der Waals surface area (Å²) in [5.74, 6) is 2.64. The molecule has 0 amide bonds. The van der Waals surface area contributed by atoms with E-state index < -0.39 is 0 Å². The van der Waals surface area contributed by atoms with Crippen molar-refractivity contribution in [3.63, 3.8) is 0 Å². The largest absolute Gasteiger partial charge is 0.497 e. The number of H-pyrrole nitrogens is 1. The van der Waals surface area contributed by atoms with Crippen LogP contribution in [-0.2, 0) is 0 Å². The third-order valence-electron chi connectivity index (χ3n) is 3.36. The molecule has 4 nitrogen and oxygen atoms in total. The van der Waals surface area contributed by atoms with E-state index >= 15 is 0 Å². The van der Waals surface area contributed by atoms with E-state index in [1.807, 2.05) is 25.1 Å². The lowest BCUT2D eigenvalue weighted by Gasteiger charge is -2.13. The molecule has 2 rings (SSSR count). The molecule has 2 aromatic rings. The standard InChI is InChI=1S/C16H20N2O2S/c1-9(2)15-17-14(10(3)16(21)18-15)11-6-12(19-4)8-13(7-11)20-5/h6-9H,1-5H3,(H,17,18,21). The monoisotopic (exact) mass is 304 g/mol. The number of aromatic nitrogens is 2. The van der Waals surface area contributed by atoms with Gasteiger partial charge in [-0.15, -0.1) is 0 Å². The maximum atomic E-state index is 5.38. The molecule has 0 aliphatic rings. The van der Waals surface area contributed by atoms with Gasteiger partial charge in [0, 0.05) is 23.1 Å². The summed E-state index contributed by atoms with van der Waals surface area (Å²) in [6, 6.07) is 5.76. The minimum atomic E-state index is 0.276. The molecule has 1 N–H and O–H groups in total. The van der Waals surface area contributed by atoms with Crippen LogP contribution in [0.25, 0.3) is 11.3 Å². The predicted molar refractivity (Wildman–Crippen MR) is 86.8 cm³/mol. The number of nitrogens with zero attached hydrogens (tertiary/aromatic N) is 1. The van der Waals surface area contributed by atoms with E-state index in [1.54, 1.807) is 14.2 Å². The molecule has 5 heteroatoms. The highest BCUT2D eigenvalue weighted by atomic mass is 32.1. The predicted octanol–water partition coefficient (Wildman–Crippen LogP) is 4.26. The molecule has 0 aliphatic heterocycles. The van der Waals surface area contributed by atoms with Crippen molar-refractivity contribution in [2.45, 2.75) is 26.7 Å². The molecule has 0 saturated heterocycles. The summed E-state index contributed by atoms with van der Waals surface area (Å²) in [6.07, 6.45) is 0. The maximum Gasteiger partial charge on any atom is 0.133 e. The van der Waals surface area contributed by atoms with Crippen LogP contribution in [0, 0.1) is 11.6 Å². The Balaban J connectivity index is 2.68. The molecule has 112 valence electrons. The van der Waals surface area contributed by atoms with Crippen molar-refractivity contribution in [3.05, 3.63) is 34.2 Å². The molecule has 0 saturated carbocycles. The Morgan fingerprint density at radius 2 is 1.67 bits per heavy atom. The van der Waals surface area contributed by atoms with Gasteiger partial charge in [0.25, 0.3) is 0 Å². The number of hydrogen-bond donors (Lipinski definition) is 1. The van der Waals surface area contributed by atoms with Crippen molar-refractivity contribution in [3.8, 4) is 22.8 Å². The Morgan fingerprint density at radius 1 is 1.10 bits per heavy atom. The number of methoxy groups -OCH3 is 2. The van der Waals surface area contributed by atoms with Gasteiger partial charge in [-0.3, -0.25) is 0 Å². The van der Waals surface area contributed by atoms with Gasteiger partial charge in [0.1, 0.15) is 22.0 Å². The number of ether oxygens (including phenoxy) is 2. The lowest BCUT2D eigenvalue weighted by molar-refractivity contribution is 0.394. The number of rotatable bonds is 4. The molecule has 21 heavy (non-hydrogen) atoms. The number of benzene rings is 1. The Labute approximate surface area is 130 Å². The van der Waals surface area contributed by atoms with Gasteiger partial charge in [-0.05, 0) is 19.1 Å². The molecule has 0 bridgehead atoms. The van der Waals surface area contributed by atoms with Crippen LogP contribution in [0.1, 0.15) is 31.2 Å². The van der Waals surface area contributed by atoms with Crippen molar-refractivity contribution in [1.82, 2.24) is 9.97 Å². The van der Waals surface area contributed by atoms with Crippen LogP contribution < -0.4 is 9.47 Å². The zero-order valence-corrected chi connectivity index (χ0v) is 13.8. The fourth-order valence-corrected chi connectivity index (χ4v) is 2.26. The van der Waals surface area contributed by atoms with Gasteiger partial charge in [-0.25, -0.2) is 4.98 Å². The van der Waals surface area contributed by atoms with Gasteiger partial charge in [0.2, 0.25) is 0 Å². The van der Waals surface area contributed by atoms with Gasteiger partial charge in [0.05, 0.1) is 19.9 Å². The number of aromatic amines is 1. The summed E-state index contributed by atoms with van der Waals surface area (Å²) in [7, 11) is 3.28. The molecule has 0 unspecified atom stereocenters. The molecule has 1 heterocycles. The van der Waals surface area contributed by atoms with E-state index in [4.69, 9.17) is 21.7 Å². The average molecular weight is 304 g/mol. The third-order valence-corrected chi connectivity index (χ3v) is 3.76. The summed E-state index contributed by atoms with van der Waals surface area (Å²) in [5.41, 5.74) is 2.87. The molecule has 1 aromatic heterocycles. The first-order chi connectivity index (χ1) is 9.96. The highest BCUT2D eigenvalue weighted by Gasteiger charge is 2.12. The topological polar surface area (TPSA) is 47.1 Å². The second-order valence-corrected chi connectivity index (χ2v) is 5.57. The fraction of sp³-hybridized carbons (Fsp3) is 0.375. The van der Waals surface area contributed by atoms with E-state index in [-0.39, 0.29) is 5.92 Å². The van der Waals surface area contributed by atoms with E-state index in [0.717, 1.165) is 34.1 Å². The lowest BCUT2D eigenvalue weighted by Crippen LogP contribution is -2.02. The smallest absolute Gasteiger partial charge is 0.133 e. The molecular formula is C16H20N2O2S. The van der Waals surface area contributed by atoms with Crippen molar-refractivity contribution in [2.75, 3.05) is 14.2 Å². The van der Waals surface area contributed by atoms with Crippen LogP contribution in [0.2, 0.25) is 0 Å². The van der Waals surface area contributed by atoms with E-state index in [0.29, 0.717) is 4.64 Å². The number of nitrogens with one attached hydrogen (secondary N) is 1. The van der Waals surface area contributed by atoms with Crippen molar-refractivity contribution >= 4 is 12.2 Å². The Kier molecular flexibility index (Phi) is 4.63. The van der Waals surface area contributed by atoms with Gasteiger partial charge in [0.15, 0.2) is 0 Å². The first-order valence-electron chi connectivity index (χ1n) is 6.80. The maximum absolute atomic E-state index is 5.38. The first-order valence-corrected chi connectivity index (χ1v) is 7.21. The Hall–Kier alpha value is -1.88. The second kappa shape index (κ2) is 6.26. The zero-order chi connectivity index (χ0) is 15.6. The van der Waals surface area contributed by atoms with Gasteiger partial charge >= 0.3 is 0 Å². The van der Waals surface area contributed by atoms with Gasteiger partial charge < -0.3 is 14.5 Å². The summed E-state index contributed by atoms with van der Waals surface area (Å²) in [4.78, 5) is 7.82. The molecule has 0 fully saturated rings. The van der Waals surface area contributed by atoms with Crippen LogP contribution in [0.3, 0.4) is 0 Å². The van der Waals surface area contributed by atoms with Crippen molar-refractivity contribution in [1.29, 1.82) is 0 Å². The van der Waals surface area contributed by atoms with Crippen LogP contribution in [0.15, 0.2) is 18.2 Å². The molecule has 0 aliphatic carbocycles. The minimum absolute atomic E-state index is 0.276. The molecule has 0 spiro atoms. The third kappa shape index (κ3) is 3.24. The molecule has 1 aromatic carbocycles. The summed E-state index contributed by atoms with van der Waals surface area (Å²) < 4.78 is 11.3.